The van der Waals surface area contributed by atoms with Gasteiger partial charge < -0.3 is 20.9 Å². The molecule has 5 heteroatoms. The number of aliphatic imine (C=N–C) groups is 1. The first-order chi connectivity index (χ1) is 11.7. The molecule has 5 nitrogen and oxygen atoms in total. The Morgan fingerprint density at radius 1 is 1.17 bits per heavy atom. The predicted molar refractivity (Wildman–Crippen MR) is 100.0 cm³/mol. The maximum atomic E-state index is 9.85. The van der Waals surface area contributed by atoms with Crippen LogP contribution in [0.1, 0.15) is 51.0 Å². The Morgan fingerprint density at radius 3 is 2.62 bits per heavy atom. The zero-order valence-electron chi connectivity index (χ0n) is 14.9. The molecule has 1 aromatic rings. The van der Waals surface area contributed by atoms with Crippen LogP contribution in [0.5, 0.6) is 0 Å². The second kappa shape index (κ2) is 13.8. The van der Waals surface area contributed by atoms with E-state index in [1.165, 1.54) is 32.1 Å². The molecule has 0 aromatic heterocycles. The highest BCUT2D eigenvalue weighted by Gasteiger charge is 2.04. The van der Waals surface area contributed by atoms with E-state index < -0.39 is 6.10 Å². The minimum atomic E-state index is -0.636. The Morgan fingerprint density at radius 2 is 1.88 bits per heavy atom. The summed E-state index contributed by atoms with van der Waals surface area (Å²) in [5.74, 6) is 0.394. The van der Waals surface area contributed by atoms with Crippen LogP contribution in [0.3, 0.4) is 0 Å². The topological polar surface area (TPSA) is 79.9 Å². The molecular weight excluding hydrogens is 302 g/mol. The molecule has 0 aliphatic carbocycles. The number of nitrogens with zero attached hydrogens (tertiary/aromatic N) is 1. The summed E-state index contributed by atoms with van der Waals surface area (Å²) < 4.78 is 5.48. The van der Waals surface area contributed by atoms with E-state index in [2.05, 4.69) is 17.2 Å². The van der Waals surface area contributed by atoms with Crippen molar-refractivity contribution in [1.29, 1.82) is 0 Å². The lowest BCUT2D eigenvalue weighted by atomic mass is 10.1. The summed E-state index contributed by atoms with van der Waals surface area (Å²) in [6.45, 7) is 4.06. The first kappa shape index (κ1) is 20.5. The fourth-order valence-electron chi connectivity index (χ4n) is 2.32. The summed E-state index contributed by atoms with van der Waals surface area (Å²) >= 11 is 0. The van der Waals surface area contributed by atoms with Gasteiger partial charge in [0.25, 0.3) is 0 Å². The molecule has 24 heavy (non-hydrogen) atoms. The van der Waals surface area contributed by atoms with Crippen LogP contribution in [0.15, 0.2) is 35.3 Å². The number of hydrogen-bond donors (Lipinski definition) is 3. The number of aliphatic hydroxyl groups is 1. The van der Waals surface area contributed by atoms with Crippen molar-refractivity contribution in [2.75, 3.05) is 19.7 Å². The molecule has 0 amide bonds. The number of nitrogens with one attached hydrogen (secondary N) is 1. The van der Waals surface area contributed by atoms with Crippen molar-refractivity contribution in [1.82, 2.24) is 5.32 Å². The highest BCUT2D eigenvalue weighted by atomic mass is 16.5. The average molecular weight is 335 g/mol. The first-order valence-corrected chi connectivity index (χ1v) is 9.06. The molecule has 0 saturated carbocycles. The van der Waals surface area contributed by atoms with E-state index in [-0.39, 0.29) is 13.2 Å². The van der Waals surface area contributed by atoms with Crippen molar-refractivity contribution in [3.8, 4) is 0 Å². The minimum Gasteiger partial charge on any atom is -0.389 e. The summed E-state index contributed by atoms with van der Waals surface area (Å²) in [5.41, 5.74) is 6.88. The van der Waals surface area contributed by atoms with Crippen LogP contribution in [0, 0.1) is 0 Å². The zero-order valence-corrected chi connectivity index (χ0v) is 14.9. The summed E-state index contributed by atoms with van der Waals surface area (Å²) in [4.78, 5) is 4.15. The van der Waals surface area contributed by atoms with E-state index in [4.69, 9.17) is 10.5 Å². The van der Waals surface area contributed by atoms with Crippen LogP contribution < -0.4 is 11.1 Å². The Labute approximate surface area is 146 Å². The van der Waals surface area contributed by atoms with E-state index in [0.29, 0.717) is 12.6 Å². The molecule has 1 rings (SSSR count). The van der Waals surface area contributed by atoms with Crippen LogP contribution in [-0.2, 0) is 11.3 Å². The minimum absolute atomic E-state index is 0.253. The summed E-state index contributed by atoms with van der Waals surface area (Å²) in [7, 11) is 0. The number of ether oxygens (including phenoxy) is 1. The number of rotatable bonds is 13. The fourth-order valence-corrected chi connectivity index (χ4v) is 2.32. The van der Waals surface area contributed by atoms with E-state index in [9.17, 15) is 5.11 Å². The van der Waals surface area contributed by atoms with Gasteiger partial charge in [0.15, 0.2) is 5.96 Å². The maximum Gasteiger partial charge on any atom is 0.188 e. The molecule has 0 bridgehead atoms. The number of aliphatic hydroxyl groups excluding tert-OH is 1. The molecule has 1 unspecified atom stereocenters. The Hall–Kier alpha value is -1.59. The Kier molecular flexibility index (Phi) is 11.8. The second-order valence-electron chi connectivity index (χ2n) is 6.08. The molecule has 0 spiro atoms. The molecular formula is C19H33N3O2. The van der Waals surface area contributed by atoms with Crippen LogP contribution in [0.2, 0.25) is 0 Å². The number of benzene rings is 1. The molecule has 4 N–H and O–H groups in total. The van der Waals surface area contributed by atoms with Crippen LogP contribution >= 0.6 is 0 Å². The largest absolute Gasteiger partial charge is 0.389 e. The smallest absolute Gasteiger partial charge is 0.188 e. The molecule has 0 fully saturated rings. The van der Waals surface area contributed by atoms with Crippen molar-refractivity contribution >= 4 is 5.96 Å². The molecule has 1 aromatic carbocycles. The lowest BCUT2D eigenvalue weighted by molar-refractivity contribution is 0.0331. The number of unbranched alkanes of at least 4 members (excludes halogenated alkanes) is 5. The third-order valence-corrected chi connectivity index (χ3v) is 3.73. The third-order valence-electron chi connectivity index (χ3n) is 3.73. The zero-order chi connectivity index (χ0) is 17.5. The van der Waals surface area contributed by atoms with Gasteiger partial charge in [0.1, 0.15) is 0 Å². The number of hydrogen-bond acceptors (Lipinski definition) is 3. The van der Waals surface area contributed by atoms with Gasteiger partial charge in [0.05, 0.1) is 25.9 Å². The first-order valence-electron chi connectivity index (χ1n) is 9.06. The molecule has 136 valence electrons. The van der Waals surface area contributed by atoms with Crippen LogP contribution in [0.4, 0.5) is 0 Å². The second-order valence-corrected chi connectivity index (χ2v) is 6.08. The van der Waals surface area contributed by atoms with Crippen molar-refractivity contribution < 1.29 is 9.84 Å². The Bertz CT molecular complexity index is 437. The molecule has 0 radical (unpaired) electrons. The van der Waals surface area contributed by atoms with Gasteiger partial charge in [-0.05, 0) is 12.0 Å². The van der Waals surface area contributed by atoms with Gasteiger partial charge in [-0.1, -0.05) is 69.4 Å². The highest BCUT2D eigenvalue weighted by molar-refractivity contribution is 5.77. The molecule has 0 heterocycles. The monoisotopic (exact) mass is 335 g/mol. The maximum absolute atomic E-state index is 9.85. The van der Waals surface area contributed by atoms with Crippen molar-refractivity contribution in [2.45, 2.75) is 58.2 Å². The lowest BCUT2D eigenvalue weighted by Gasteiger charge is -2.10. The predicted octanol–water partition coefficient (Wildman–Crippen LogP) is 2.83. The standard InChI is InChI=1S/C19H33N3O2/c1-2-3-4-5-6-10-13-21-19(20)22-14-18(23)16-24-15-17-11-8-7-9-12-17/h7-9,11-12,18,23H,2-6,10,13-16H2,1H3,(H3,20,21,22). The van der Waals surface area contributed by atoms with Crippen molar-refractivity contribution in [3.63, 3.8) is 0 Å². The fraction of sp³-hybridized carbons (Fsp3) is 0.632. The third kappa shape index (κ3) is 11.0. The average Bonchev–Trinajstić information content (AvgIpc) is 2.60. The van der Waals surface area contributed by atoms with Crippen molar-refractivity contribution in [2.24, 2.45) is 10.7 Å². The van der Waals surface area contributed by atoms with E-state index in [1.54, 1.807) is 0 Å². The molecule has 1 atom stereocenters. The summed E-state index contributed by atoms with van der Waals surface area (Å²) in [5, 5.41) is 12.9. The van der Waals surface area contributed by atoms with E-state index in [0.717, 1.165) is 18.5 Å². The van der Waals surface area contributed by atoms with Crippen LogP contribution in [-0.4, -0.2) is 36.9 Å². The normalized spacial score (nSPS) is 13.0. The molecule has 0 saturated heterocycles. The number of guanidine groups is 1. The van der Waals surface area contributed by atoms with Gasteiger partial charge in [-0.2, -0.15) is 0 Å². The Balaban J connectivity index is 2.02. The highest BCUT2D eigenvalue weighted by Crippen LogP contribution is 2.04. The summed E-state index contributed by atoms with van der Waals surface area (Å²) in [6.07, 6.45) is 6.87. The van der Waals surface area contributed by atoms with Gasteiger partial charge in [-0.25, -0.2) is 0 Å². The number of nitrogens with two attached hydrogens (primary N) is 1. The van der Waals surface area contributed by atoms with E-state index >= 15 is 0 Å². The quantitative estimate of drug-likeness (QED) is 0.294. The lowest BCUT2D eigenvalue weighted by Crippen LogP contribution is -2.33. The van der Waals surface area contributed by atoms with Gasteiger partial charge in [-0.3, -0.25) is 4.99 Å². The summed E-state index contributed by atoms with van der Waals surface area (Å²) in [6, 6.07) is 9.89. The van der Waals surface area contributed by atoms with Gasteiger partial charge in [0, 0.05) is 6.54 Å². The molecule has 0 aliphatic heterocycles. The van der Waals surface area contributed by atoms with Gasteiger partial charge >= 0.3 is 0 Å². The van der Waals surface area contributed by atoms with E-state index in [1.807, 2.05) is 30.3 Å². The molecule has 0 aliphatic rings. The van der Waals surface area contributed by atoms with Gasteiger partial charge in [0.2, 0.25) is 0 Å². The van der Waals surface area contributed by atoms with Crippen LogP contribution in [0.25, 0.3) is 0 Å². The SMILES string of the molecule is CCCCCCCCNC(N)=NCC(O)COCc1ccccc1. The van der Waals surface area contributed by atoms with Crippen molar-refractivity contribution in [3.05, 3.63) is 35.9 Å². The van der Waals surface area contributed by atoms with Gasteiger partial charge in [-0.15, -0.1) is 0 Å².